The second-order valence-corrected chi connectivity index (χ2v) is 3.78. The molecular formula is C10H20N2O2. The van der Waals surface area contributed by atoms with Crippen molar-refractivity contribution in [1.82, 2.24) is 10.2 Å². The molecule has 0 spiro atoms. The Morgan fingerprint density at radius 2 is 2.43 bits per heavy atom. The lowest BCUT2D eigenvalue weighted by molar-refractivity contribution is -0.149. The molecule has 1 N–H and O–H groups in total. The molecule has 1 heterocycles. The second-order valence-electron chi connectivity index (χ2n) is 3.78. The van der Waals surface area contributed by atoms with Crippen LogP contribution in [0.4, 0.5) is 0 Å². The summed E-state index contributed by atoms with van der Waals surface area (Å²) in [5.74, 6) is -0.110. The fourth-order valence-corrected chi connectivity index (χ4v) is 1.73. The van der Waals surface area contributed by atoms with Crippen LogP contribution in [0.25, 0.3) is 0 Å². The lowest BCUT2D eigenvalue weighted by atomic mass is 10.2. The number of ether oxygens (including phenoxy) is 1. The van der Waals surface area contributed by atoms with Crippen LogP contribution in [0.2, 0.25) is 0 Å². The number of piperazine rings is 1. The van der Waals surface area contributed by atoms with E-state index in [-0.39, 0.29) is 12.0 Å². The van der Waals surface area contributed by atoms with Crippen LogP contribution in [-0.2, 0) is 9.53 Å². The van der Waals surface area contributed by atoms with E-state index in [0.717, 1.165) is 19.6 Å². The van der Waals surface area contributed by atoms with E-state index in [4.69, 9.17) is 4.74 Å². The van der Waals surface area contributed by atoms with E-state index >= 15 is 0 Å². The molecule has 4 heteroatoms. The monoisotopic (exact) mass is 200 g/mol. The van der Waals surface area contributed by atoms with Crippen molar-refractivity contribution < 1.29 is 9.53 Å². The van der Waals surface area contributed by atoms with Crippen molar-refractivity contribution >= 4 is 5.97 Å². The highest BCUT2D eigenvalue weighted by Gasteiger charge is 2.25. The van der Waals surface area contributed by atoms with Gasteiger partial charge in [-0.3, -0.25) is 9.69 Å². The Hall–Kier alpha value is -0.610. The number of esters is 1. The van der Waals surface area contributed by atoms with Crippen LogP contribution in [0.5, 0.6) is 0 Å². The molecule has 1 rings (SSSR count). The molecule has 0 aromatic heterocycles. The van der Waals surface area contributed by atoms with Crippen LogP contribution < -0.4 is 5.32 Å². The second kappa shape index (κ2) is 5.32. The number of nitrogens with zero attached hydrogens (tertiary/aromatic N) is 1. The molecular weight excluding hydrogens is 180 g/mol. The predicted molar refractivity (Wildman–Crippen MR) is 55.1 cm³/mol. The summed E-state index contributed by atoms with van der Waals surface area (Å²) in [6, 6.07) is 0.347. The molecule has 1 aliphatic heterocycles. The van der Waals surface area contributed by atoms with Gasteiger partial charge in [0.2, 0.25) is 0 Å². The Balaban J connectivity index is 2.42. The minimum Gasteiger partial charge on any atom is -0.465 e. The SMILES string of the molecule is CCOC(=O)C(C)N1CCNC(C)C1. The molecule has 0 aliphatic carbocycles. The number of nitrogens with one attached hydrogen (secondary N) is 1. The third-order valence-corrected chi connectivity index (χ3v) is 2.58. The van der Waals surface area contributed by atoms with Crippen LogP contribution in [0.1, 0.15) is 20.8 Å². The molecule has 0 radical (unpaired) electrons. The van der Waals surface area contributed by atoms with Gasteiger partial charge in [-0.05, 0) is 20.8 Å². The summed E-state index contributed by atoms with van der Waals surface area (Å²) in [6.07, 6.45) is 0. The van der Waals surface area contributed by atoms with Gasteiger partial charge in [-0.2, -0.15) is 0 Å². The summed E-state index contributed by atoms with van der Waals surface area (Å²) in [5, 5.41) is 3.34. The standard InChI is InChI=1S/C10H20N2O2/c1-4-14-10(13)9(3)12-6-5-11-8(2)7-12/h8-9,11H,4-7H2,1-3H3. The quantitative estimate of drug-likeness (QED) is 0.662. The highest BCUT2D eigenvalue weighted by molar-refractivity contribution is 5.75. The smallest absolute Gasteiger partial charge is 0.323 e. The average molecular weight is 200 g/mol. The summed E-state index contributed by atoms with van der Waals surface area (Å²) >= 11 is 0. The first-order chi connectivity index (χ1) is 6.65. The van der Waals surface area contributed by atoms with E-state index in [1.165, 1.54) is 0 Å². The van der Waals surface area contributed by atoms with E-state index in [2.05, 4.69) is 17.1 Å². The third-order valence-electron chi connectivity index (χ3n) is 2.58. The van der Waals surface area contributed by atoms with Crippen molar-refractivity contribution in [2.24, 2.45) is 0 Å². The van der Waals surface area contributed by atoms with Crippen LogP contribution in [0.3, 0.4) is 0 Å². The van der Waals surface area contributed by atoms with E-state index in [0.29, 0.717) is 12.6 Å². The van der Waals surface area contributed by atoms with Crippen molar-refractivity contribution in [3.8, 4) is 0 Å². The highest BCUT2D eigenvalue weighted by atomic mass is 16.5. The lowest BCUT2D eigenvalue weighted by Crippen LogP contribution is -2.54. The first-order valence-corrected chi connectivity index (χ1v) is 5.29. The number of rotatable bonds is 3. The van der Waals surface area contributed by atoms with Gasteiger partial charge in [0.05, 0.1) is 6.61 Å². The molecule has 0 amide bonds. The molecule has 0 aromatic rings. The molecule has 1 fully saturated rings. The van der Waals surface area contributed by atoms with E-state index in [9.17, 15) is 4.79 Å². The van der Waals surface area contributed by atoms with Gasteiger partial charge < -0.3 is 10.1 Å². The zero-order valence-corrected chi connectivity index (χ0v) is 9.25. The van der Waals surface area contributed by atoms with Crippen LogP contribution in [0.15, 0.2) is 0 Å². The van der Waals surface area contributed by atoms with Crippen molar-refractivity contribution in [2.45, 2.75) is 32.9 Å². The largest absolute Gasteiger partial charge is 0.465 e. The zero-order valence-electron chi connectivity index (χ0n) is 9.25. The van der Waals surface area contributed by atoms with E-state index in [1.54, 1.807) is 0 Å². The lowest BCUT2D eigenvalue weighted by Gasteiger charge is -2.34. The van der Waals surface area contributed by atoms with Gasteiger partial charge in [0.15, 0.2) is 0 Å². The number of hydrogen-bond acceptors (Lipinski definition) is 4. The summed E-state index contributed by atoms with van der Waals surface area (Å²) < 4.78 is 4.99. The van der Waals surface area contributed by atoms with E-state index in [1.807, 2.05) is 13.8 Å². The number of carbonyl (C=O) groups excluding carboxylic acids is 1. The summed E-state index contributed by atoms with van der Waals surface area (Å²) in [4.78, 5) is 13.6. The molecule has 1 saturated heterocycles. The van der Waals surface area contributed by atoms with Crippen LogP contribution in [-0.4, -0.2) is 49.2 Å². The molecule has 0 aromatic carbocycles. The molecule has 0 saturated carbocycles. The average Bonchev–Trinajstić information content (AvgIpc) is 2.17. The number of carbonyl (C=O) groups is 1. The van der Waals surface area contributed by atoms with Gasteiger partial charge >= 0.3 is 5.97 Å². The van der Waals surface area contributed by atoms with Gasteiger partial charge in [0.25, 0.3) is 0 Å². The molecule has 82 valence electrons. The zero-order chi connectivity index (χ0) is 10.6. The topological polar surface area (TPSA) is 41.6 Å². The Kier molecular flexibility index (Phi) is 4.35. The third kappa shape index (κ3) is 2.96. The van der Waals surface area contributed by atoms with Crippen LogP contribution >= 0.6 is 0 Å². The normalized spacial score (nSPS) is 25.8. The number of hydrogen-bond donors (Lipinski definition) is 1. The maximum atomic E-state index is 11.5. The molecule has 2 atom stereocenters. The fraction of sp³-hybridized carbons (Fsp3) is 0.900. The van der Waals surface area contributed by atoms with Crippen molar-refractivity contribution in [3.63, 3.8) is 0 Å². The maximum Gasteiger partial charge on any atom is 0.323 e. The summed E-state index contributed by atoms with van der Waals surface area (Å²) in [7, 11) is 0. The molecule has 1 aliphatic rings. The predicted octanol–water partition coefficient (Wildman–Crippen LogP) is 0.232. The summed E-state index contributed by atoms with van der Waals surface area (Å²) in [5.41, 5.74) is 0. The Morgan fingerprint density at radius 1 is 1.71 bits per heavy atom. The first kappa shape index (κ1) is 11.5. The van der Waals surface area contributed by atoms with Crippen LogP contribution in [0, 0.1) is 0 Å². The Labute approximate surface area is 85.6 Å². The minimum atomic E-state index is -0.112. The molecule has 2 unspecified atom stereocenters. The molecule has 4 nitrogen and oxygen atoms in total. The van der Waals surface area contributed by atoms with Gasteiger partial charge in [0.1, 0.15) is 6.04 Å². The maximum absolute atomic E-state index is 11.5. The summed E-state index contributed by atoms with van der Waals surface area (Å²) in [6.45, 7) is 9.13. The fourth-order valence-electron chi connectivity index (χ4n) is 1.73. The van der Waals surface area contributed by atoms with Gasteiger partial charge in [-0.25, -0.2) is 0 Å². The van der Waals surface area contributed by atoms with Gasteiger partial charge in [-0.1, -0.05) is 0 Å². The van der Waals surface area contributed by atoms with Crippen molar-refractivity contribution in [1.29, 1.82) is 0 Å². The molecule has 0 bridgehead atoms. The first-order valence-electron chi connectivity index (χ1n) is 5.29. The Bertz CT molecular complexity index is 197. The van der Waals surface area contributed by atoms with E-state index < -0.39 is 0 Å². The van der Waals surface area contributed by atoms with Crippen molar-refractivity contribution in [3.05, 3.63) is 0 Å². The molecule has 14 heavy (non-hydrogen) atoms. The Morgan fingerprint density at radius 3 is 3.00 bits per heavy atom. The van der Waals surface area contributed by atoms with Gasteiger partial charge in [-0.15, -0.1) is 0 Å². The highest BCUT2D eigenvalue weighted by Crippen LogP contribution is 2.05. The van der Waals surface area contributed by atoms with Crippen molar-refractivity contribution in [2.75, 3.05) is 26.2 Å². The minimum absolute atomic E-state index is 0.110. The van der Waals surface area contributed by atoms with Gasteiger partial charge in [0, 0.05) is 25.7 Å².